The largest absolute Gasteiger partial charge is 0.368 e. The van der Waals surface area contributed by atoms with Crippen molar-refractivity contribution in [3.8, 4) is 10.4 Å². The van der Waals surface area contributed by atoms with Crippen molar-refractivity contribution in [1.82, 2.24) is 9.88 Å². The van der Waals surface area contributed by atoms with E-state index in [9.17, 15) is 9.59 Å². The first-order chi connectivity index (χ1) is 12.1. The van der Waals surface area contributed by atoms with Crippen molar-refractivity contribution in [2.24, 2.45) is 11.7 Å². The molecule has 2 aliphatic carbocycles. The standard InChI is InChI=1S/C19H19N3O2S/c20-17(23)14-9-12-8-13(12)22(14)19(24)15-16(10-4-2-1-3-5-10)25-18(21-15)11-6-7-11/h1-5,11-14H,6-9H2,(H2,20,23)/t12-,13+,14+/m1/s1. The molecule has 3 aliphatic rings. The van der Waals surface area contributed by atoms with Crippen LogP contribution in [-0.4, -0.2) is 33.8 Å². The van der Waals surface area contributed by atoms with Gasteiger partial charge in [-0.3, -0.25) is 9.59 Å². The van der Waals surface area contributed by atoms with Crippen molar-refractivity contribution in [3.63, 3.8) is 0 Å². The van der Waals surface area contributed by atoms with E-state index in [1.54, 1.807) is 16.2 Å². The molecule has 3 atom stereocenters. The number of aromatic nitrogens is 1. The van der Waals surface area contributed by atoms with Crippen LogP contribution in [0.4, 0.5) is 0 Å². The summed E-state index contributed by atoms with van der Waals surface area (Å²) >= 11 is 1.62. The predicted molar refractivity (Wildman–Crippen MR) is 95.2 cm³/mol. The summed E-state index contributed by atoms with van der Waals surface area (Å²) in [5.74, 6) is 0.395. The summed E-state index contributed by atoms with van der Waals surface area (Å²) in [6.45, 7) is 0. The van der Waals surface area contributed by atoms with Crippen molar-refractivity contribution in [1.29, 1.82) is 0 Å². The molecule has 2 heterocycles. The number of thiazole rings is 1. The molecule has 25 heavy (non-hydrogen) atoms. The van der Waals surface area contributed by atoms with Crippen LogP contribution in [0.3, 0.4) is 0 Å². The van der Waals surface area contributed by atoms with Gasteiger partial charge in [0.25, 0.3) is 5.91 Å². The van der Waals surface area contributed by atoms with Crippen LogP contribution in [0.2, 0.25) is 0 Å². The molecule has 0 bridgehead atoms. The van der Waals surface area contributed by atoms with E-state index >= 15 is 0 Å². The Hall–Kier alpha value is -2.21. The molecule has 5 nitrogen and oxygen atoms in total. The summed E-state index contributed by atoms with van der Waals surface area (Å²) in [4.78, 5) is 32.5. The monoisotopic (exact) mass is 353 g/mol. The smallest absolute Gasteiger partial charge is 0.274 e. The van der Waals surface area contributed by atoms with Gasteiger partial charge in [-0.05, 0) is 37.2 Å². The van der Waals surface area contributed by atoms with Gasteiger partial charge in [-0.25, -0.2) is 4.98 Å². The molecule has 0 radical (unpaired) electrons. The van der Waals surface area contributed by atoms with Crippen LogP contribution in [-0.2, 0) is 4.79 Å². The van der Waals surface area contributed by atoms with Gasteiger partial charge in [0.2, 0.25) is 5.91 Å². The highest BCUT2D eigenvalue weighted by Crippen LogP contribution is 2.50. The fraction of sp³-hybridized carbons (Fsp3) is 0.421. The number of hydrogen-bond donors (Lipinski definition) is 1. The van der Waals surface area contributed by atoms with Gasteiger partial charge < -0.3 is 10.6 Å². The highest BCUT2D eigenvalue weighted by atomic mass is 32.1. The number of piperidine rings is 1. The molecule has 0 spiro atoms. The van der Waals surface area contributed by atoms with Crippen LogP contribution >= 0.6 is 11.3 Å². The minimum Gasteiger partial charge on any atom is -0.368 e. The summed E-state index contributed by atoms with van der Waals surface area (Å²) in [5.41, 5.74) is 7.06. The summed E-state index contributed by atoms with van der Waals surface area (Å²) < 4.78 is 0. The summed E-state index contributed by atoms with van der Waals surface area (Å²) in [7, 11) is 0. The topological polar surface area (TPSA) is 76.3 Å². The fourth-order valence-electron chi connectivity index (χ4n) is 3.90. The minimum atomic E-state index is -0.481. The van der Waals surface area contributed by atoms with E-state index in [-0.39, 0.29) is 11.9 Å². The number of nitrogens with zero attached hydrogens (tertiary/aromatic N) is 2. The molecule has 0 unspecified atom stereocenters. The number of nitrogens with two attached hydrogens (primary N) is 1. The third-order valence-corrected chi connectivity index (χ3v) is 6.74. The molecule has 2 saturated carbocycles. The molecule has 5 rings (SSSR count). The number of carbonyl (C=O) groups is 2. The first kappa shape index (κ1) is 15.1. The second-order valence-electron chi connectivity index (χ2n) is 7.30. The SMILES string of the molecule is NC(=O)[C@@H]1C[C@H]2C[C@@H]2N1C(=O)c1nc(C2CC2)sc1-c1ccccc1. The lowest BCUT2D eigenvalue weighted by Gasteiger charge is -2.24. The second kappa shape index (κ2) is 5.39. The van der Waals surface area contributed by atoms with E-state index in [1.165, 1.54) is 0 Å². The lowest BCUT2D eigenvalue weighted by atomic mass is 10.1. The van der Waals surface area contributed by atoms with Crippen molar-refractivity contribution in [3.05, 3.63) is 41.0 Å². The minimum absolute atomic E-state index is 0.129. The van der Waals surface area contributed by atoms with E-state index < -0.39 is 11.9 Å². The molecule has 2 aromatic rings. The molecule has 2 amide bonds. The zero-order chi connectivity index (χ0) is 17.1. The van der Waals surface area contributed by atoms with Gasteiger partial charge in [-0.2, -0.15) is 0 Å². The predicted octanol–water partition coefficient (Wildman–Crippen LogP) is 2.78. The Balaban J connectivity index is 1.56. The zero-order valence-electron chi connectivity index (χ0n) is 13.7. The van der Waals surface area contributed by atoms with Crippen LogP contribution in [0.1, 0.15) is 47.1 Å². The Bertz CT molecular complexity index is 859. The number of primary amides is 1. The second-order valence-corrected chi connectivity index (χ2v) is 8.33. The Morgan fingerprint density at radius 1 is 1.16 bits per heavy atom. The van der Waals surface area contributed by atoms with Crippen molar-refractivity contribution in [2.45, 2.75) is 43.7 Å². The van der Waals surface area contributed by atoms with Gasteiger partial charge in [0.05, 0.1) is 9.88 Å². The normalized spacial score (nSPS) is 27.2. The highest BCUT2D eigenvalue weighted by molar-refractivity contribution is 7.15. The van der Waals surface area contributed by atoms with Gasteiger partial charge in [-0.1, -0.05) is 30.3 Å². The number of likely N-dealkylation sites (tertiary alicyclic amines) is 1. The van der Waals surface area contributed by atoms with Crippen LogP contribution < -0.4 is 5.73 Å². The lowest BCUT2D eigenvalue weighted by molar-refractivity contribution is -0.122. The fourth-order valence-corrected chi connectivity index (χ4v) is 5.13. The molecule has 1 aromatic carbocycles. The Labute approximate surface area is 149 Å². The van der Waals surface area contributed by atoms with E-state index in [0.29, 0.717) is 24.0 Å². The Morgan fingerprint density at radius 3 is 2.60 bits per heavy atom. The van der Waals surface area contributed by atoms with Crippen LogP contribution in [0, 0.1) is 5.92 Å². The zero-order valence-corrected chi connectivity index (χ0v) is 14.5. The molecular weight excluding hydrogens is 334 g/mol. The van der Waals surface area contributed by atoms with Crippen molar-refractivity contribution >= 4 is 23.2 Å². The quantitative estimate of drug-likeness (QED) is 0.918. The van der Waals surface area contributed by atoms with Crippen molar-refractivity contribution in [2.75, 3.05) is 0 Å². The first-order valence-corrected chi connectivity index (χ1v) is 9.63. The number of rotatable bonds is 4. The molecule has 1 aromatic heterocycles. The average Bonchev–Trinajstić information content (AvgIpc) is 3.54. The molecule has 6 heteroatoms. The molecule has 128 valence electrons. The Kier molecular flexibility index (Phi) is 3.25. The van der Waals surface area contributed by atoms with Gasteiger partial charge in [0.1, 0.15) is 11.7 Å². The maximum absolute atomic E-state index is 13.3. The van der Waals surface area contributed by atoms with Gasteiger partial charge in [0, 0.05) is 12.0 Å². The Morgan fingerprint density at radius 2 is 1.92 bits per heavy atom. The summed E-state index contributed by atoms with van der Waals surface area (Å²) in [6.07, 6.45) is 3.98. The number of benzene rings is 1. The molecule has 1 aliphatic heterocycles. The maximum atomic E-state index is 13.3. The van der Waals surface area contributed by atoms with Gasteiger partial charge in [0.15, 0.2) is 0 Å². The average molecular weight is 353 g/mol. The summed E-state index contributed by atoms with van der Waals surface area (Å²) in [5, 5.41) is 1.05. The van der Waals surface area contributed by atoms with Crippen molar-refractivity contribution < 1.29 is 9.59 Å². The highest BCUT2D eigenvalue weighted by Gasteiger charge is 2.56. The van der Waals surface area contributed by atoms with Gasteiger partial charge >= 0.3 is 0 Å². The summed E-state index contributed by atoms with van der Waals surface area (Å²) in [6, 6.07) is 9.61. The van der Waals surface area contributed by atoms with Crippen LogP contribution in [0.15, 0.2) is 30.3 Å². The first-order valence-electron chi connectivity index (χ1n) is 8.81. The van der Waals surface area contributed by atoms with E-state index in [1.807, 2.05) is 30.3 Å². The maximum Gasteiger partial charge on any atom is 0.274 e. The molecule has 2 N–H and O–H groups in total. The number of carbonyl (C=O) groups excluding carboxylic acids is 2. The van der Waals surface area contributed by atoms with Crippen LogP contribution in [0.25, 0.3) is 10.4 Å². The van der Waals surface area contributed by atoms with Crippen LogP contribution in [0.5, 0.6) is 0 Å². The third kappa shape index (κ3) is 2.47. The van der Waals surface area contributed by atoms with E-state index in [2.05, 4.69) is 0 Å². The third-order valence-electron chi connectivity index (χ3n) is 5.48. The number of fused-ring (bicyclic) bond motifs is 1. The number of amides is 2. The van der Waals surface area contributed by atoms with E-state index in [0.717, 1.165) is 34.7 Å². The molecule has 1 saturated heterocycles. The molecule has 3 fully saturated rings. The van der Waals surface area contributed by atoms with Gasteiger partial charge in [-0.15, -0.1) is 11.3 Å². The lowest BCUT2D eigenvalue weighted by Crippen LogP contribution is -2.46. The molecular formula is C19H19N3O2S. The van der Waals surface area contributed by atoms with E-state index in [4.69, 9.17) is 10.7 Å². The number of hydrogen-bond acceptors (Lipinski definition) is 4.